The molecule has 0 spiro atoms. The van der Waals surface area contributed by atoms with E-state index in [-0.39, 0.29) is 5.82 Å². The predicted molar refractivity (Wildman–Crippen MR) is 72.0 cm³/mol. The number of aromatic nitrogens is 1. The second-order valence-electron chi connectivity index (χ2n) is 4.51. The summed E-state index contributed by atoms with van der Waals surface area (Å²) in [6.07, 6.45) is 2.83. The number of aliphatic hydroxyl groups excluding tert-OH is 1. The lowest BCUT2D eigenvalue weighted by Crippen LogP contribution is -2.21. The van der Waals surface area contributed by atoms with E-state index in [1.165, 1.54) is 6.07 Å². The first-order valence-corrected chi connectivity index (χ1v) is 6.20. The molecule has 0 aliphatic carbocycles. The maximum atomic E-state index is 13.1. The molecule has 1 heterocycles. The molecule has 3 nitrogen and oxygen atoms in total. The number of pyridine rings is 1. The number of halogens is 1. The van der Waals surface area contributed by atoms with E-state index in [0.717, 1.165) is 11.1 Å². The van der Waals surface area contributed by atoms with Gasteiger partial charge in [0.2, 0.25) is 0 Å². The monoisotopic (exact) mass is 260 g/mol. The fourth-order valence-corrected chi connectivity index (χ4v) is 1.85. The minimum atomic E-state index is -0.638. The fraction of sp³-hybridized carbons (Fsp3) is 0.267. The highest BCUT2D eigenvalue weighted by atomic mass is 19.1. The van der Waals surface area contributed by atoms with E-state index in [2.05, 4.69) is 10.3 Å². The quantitative estimate of drug-likeness (QED) is 0.867. The van der Waals surface area contributed by atoms with Crippen molar-refractivity contribution in [3.63, 3.8) is 0 Å². The van der Waals surface area contributed by atoms with Crippen LogP contribution in [0.4, 0.5) is 4.39 Å². The molecule has 0 amide bonds. The molecule has 100 valence electrons. The molecule has 0 aliphatic heterocycles. The summed E-state index contributed by atoms with van der Waals surface area (Å²) in [6.45, 7) is 2.78. The molecule has 2 aromatic rings. The van der Waals surface area contributed by atoms with Crippen LogP contribution in [0, 0.1) is 12.7 Å². The largest absolute Gasteiger partial charge is 0.387 e. The number of nitrogens with zero attached hydrogens (tertiary/aromatic N) is 1. The van der Waals surface area contributed by atoms with Gasteiger partial charge >= 0.3 is 0 Å². The third-order valence-electron chi connectivity index (χ3n) is 2.98. The molecule has 0 bridgehead atoms. The van der Waals surface area contributed by atoms with Crippen LogP contribution in [0.1, 0.15) is 22.8 Å². The predicted octanol–water partition coefficient (Wildman–Crippen LogP) is 2.35. The topological polar surface area (TPSA) is 45.1 Å². The molecule has 1 aromatic carbocycles. The van der Waals surface area contributed by atoms with Gasteiger partial charge in [-0.1, -0.05) is 12.1 Å². The smallest absolute Gasteiger partial charge is 0.126 e. The molecule has 19 heavy (non-hydrogen) atoms. The van der Waals surface area contributed by atoms with E-state index >= 15 is 0 Å². The average molecular weight is 260 g/mol. The molecule has 1 unspecified atom stereocenters. The van der Waals surface area contributed by atoms with E-state index in [0.29, 0.717) is 18.7 Å². The van der Waals surface area contributed by atoms with Gasteiger partial charge in [-0.05, 0) is 41.8 Å². The third kappa shape index (κ3) is 3.84. The van der Waals surface area contributed by atoms with Crippen LogP contribution in [-0.2, 0) is 6.54 Å². The van der Waals surface area contributed by atoms with Gasteiger partial charge in [0.1, 0.15) is 5.82 Å². The van der Waals surface area contributed by atoms with Gasteiger partial charge < -0.3 is 10.4 Å². The summed E-state index contributed by atoms with van der Waals surface area (Å²) >= 11 is 0. The summed E-state index contributed by atoms with van der Waals surface area (Å²) in [5.74, 6) is -0.249. The van der Waals surface area contributed by atoms with E-state index in [4.69, 9.17) is 0 Å². The Bertz CT molecular complexity index is 531. The third-order valence-corrected chi connectivity index (χ3v) is 2.98. The van der Waals surface area contributed by atoms with Crippen LogP contribution in [0.15, 0.2) is 42.7 Å². The van der Waals surface area contributed by atoms with Crippen LogP contribution in [-0.4, -0.2) is 16.6 Å². The molecule has 1 atom stereocenters. The molecule has 0 saturated heterocycles. The minimum Gasteiger partial charge on any atom is -0.387 e. The first-order chi connectivity index (χ1) is 9.16. The zero-order chi connectivity index (χ0) is 13.7. The van der Waals surface area contributed by atoms with Gasteiger partial charge in [-0.3, -0.25) is 4.98 Å². The number of aryl methyl sites for hydroxylation is 1. The highest BCUT2D eigenvalue weighted by molar-refractivity contribution is 5.25. The van der Waals surface area contributed by atoms with Gasteiger partial charge in [-0.25, -0.2) is 4.39 Å². The normalized spacial score (nSPS) is 12.4. The summed E-state index contributed by atoms with van der Waals surface area (Å²) < 4.78 is 13.1. The Morgan fingerprint density at radius 2 is 2.00 bits per heavy atom. The van der Waals surface area contributed by atoms with Crippen molar-refractivity contribution < 1.29 is 9.50 Å². The van der Waals surface area contributed by atoms with Crippen LogP contribution >= 0.6 is 0 Å². The Balaban J connectivity index is 1.87. The van der Waals surface area contributed by atoms with Gasteiger partial charge in [-0.15, -0.1) is 0 Å². The molecule has 2 rings (SSSR count). The van der Waals surface area contributed by atoms with Crippen molar-refractivity contribution in [1.82, 2.24) is 10.3 Å². The van der Waals surface area contributed by atoms with Crippen LogP contribution < -0.4 is 5.32 Å². The maximum absolute atomic E-state index is 13.1. The first kappa shape index (κ1) is 13.6. The van der Waals surface area contributed by atoms with Crippen LogP contribution in [0.25, 0.3) is 0 Å². The lowest BCUT2D eigenvalue weighted by Gasteiger charge is -2.13. The molecule has 1 aromatic heterocycles. The van der Waals surface area contributed by atoms with E-state index in [1.807, 2.05) is 12.1 Å². The van der Waals surface area contributed by atoms with Crippen molar-refractivity contribution in [1.29, 1.82) is 0 Å². The zero-order valence-corrected chi connectivity index (χ0v) is 10.8. The Labute approximate surface area is 112 Å². The minimum absolute atomic E-state index is 0.249. The molecule has 2 N–H and O–H groups in total. The second kappa shape index (κ2) is 6.41. The zero-order valence-electron chi connectivity index (χ0n) is 10.8. The Hall–Kier alpha value is -1.78. The van der Waals surface area contributed by atoms with Crippen molar-refractivity contribution in [2.45, 2.75) is 19.6 Å². The van der Waals surface area contributed by atoms with E-state index < -0.39 is 6.10 Å². The average Bonchev–Trinajstić information content (AvgIpc) is 2.43. The summed E-state index contributed by atoms with van der Waals surface area (Å²) in [5.41, 5.74) is 2.38. The second-order valence-corrected chi connectivity index (χ2v) is 4.51. The Kier molecular flexibility index (Phi) is 4.60. The van der Waals surface area contributed by atoms with Crippen molar-refractivity contribution in [2.24, 2.45) is 0 Å². The molecule has 0 fully saturated rings. The number of benzene rings is 1. The summed E-state index contributed by atoms with van der Waals surface area (Å²) in [7, 11) is 0. The molecule has 0 aliphatic rings. The fourth-order valence-electron chi connectivity index (χ4n) is 1.85. The Morgan fingerprint density at radius 1 is 1.26 bits per heavy atom. The summed E-state index contributed by atoms with van der Waals surface area (Å²) in [4.78, 5) is 3.94. The molecule has 0 saturated carbocycles. The molecule has 4 heteroatoms. The van der Waals surface area contributed by atoms with Crippen molar-refractivity contribution in [3.05, 3.63) is 65.2 Å². The van der Waals surface area contributed by atoms with Crippen molar-refractivity contribution >= 4 is 0 Å². The van der Waals surface area contributed by atoms with Gasteiger partial charge in [-0.2, -0.15) is 0 Å². The number of nitrogens with one attached hydrogen (secondary N) is 1. The van der Waals surface area contributed by atoms with Crippen LogP contribution in [0.2, 0.25) is 0 Å². The van der Waals surface area contributed by atoms with Crippen molar-refractivity contribution in [3.8, 4) is 0 Å². The van der Waals surface area contributed by atoms with Gasteiger partial charge in [0, 0.05) is 25.5 Å². The SMILES string of the molecule is Cc1cc(C(O)CNCc2ccncc2)ccc1F. The van der Waals surface area contributed by atoms with Gasteiger partial charge in [0.15, 0.2) is 0 Å². The first-order valence-electron chi connectivity index (χ1n) is 6.20. The number of hydrogen-bond donors (Lipinski definition) is 2. The number of hydrogen-bond acceptors (Lipinski definition) is 3. The van der Waals surface area contributed by atoms with Gasteiger partial charge in [0.25, 0.3) is 0 Å². The number of aliphatic hydroxyl groups is 1. The van der Waals surface area contributed by atoms with E-state index in [9.17, 15) is 9.50 Å². The van der Waals surface area contributed by atoms with Gasteiger partial charge in [0.05, 0.1) is 6.10 Å². The van der Waals surface area contributed by atoms with Crippen LogP contribution in [0.3, 0.4) is 0 Å². The Morgan fingerprint density at radius 3 is 2.68 bits per heavy atom. The molecular weight excluding hydrogens is 243 g/mol. The summed E-state index contributed by atoms with van der Waals surface area (Å²) in [6, 6.07) is 8.51. The highest BCUT2D eigenvalue weighted by Gasteiger charge is 2.08. The summed E-state index contributed by atoms with van der Waals surface area (Å²) in [5, 5.41) is 13.2. The molecule has 0 radical (unpaired) electrons. The van der Waals surface area contributed by atoms with Crippen molar-refractivity contribution in [2.75, 3.05) is 6.54 Å². The maximum Gasteiger partial charge on any atom is 0.126 e. The van der Waals surface area contributed by atoms with E-state index in [1.54, 1.807) is 31.5 Å². The standard InChI is InChI=1S/C15H17FN2O/c1-11-8-13(2-3-14(11)16)15(19)10-18-9-12-4-6-17-7-5-12/h2-8,15,18-19H,9-10H2,1H3. The number of rotatable bonds is 5. The lowest BCUT2D eigenvalue weighted by atomic mass is 10.1. The highest BCUT2D eigenvalue weighted by Crippen LogP contribution is 2.16. The van der Waals surface area contributed by atoms with Crippen LogP contribution in [0.5, 0.6) is 0 Å². The lowest BCUT2D eigenvalue weighted by molar-refractivity contribution is 0.174. The molecular formula is C15H17FN2O.